The summed E-state index contributed by atoms with van der Waals surface area (Å²) in [5.41, 5.74) is 0.809. The molecule has 1 aromatic heterocycles. The second kappa shape index (κ2) is 7.40. The van der Waals surface area contributed by atoms with E-state index >= 15 is 0 Å². The molecule has 0 bridgehead atoms. The zero-order chi connectivity index (χ0) is 16.9. The van der Waals surface area contributed by atoms with Gasteiger partial charge in [-0.2, -0.15) is 0 Å². The van der Waals surface area contributed by atoms with Crippen molar-refractivity contribution in [1.82, 2.24) is 5.32 Å². The van der Waals surface area contributed by atoms with Crippen LogP contribution < -0.4 is 10.2 Å². The lowest BCUT2D eigenvalue weighted by molar-refractivity contribution is -0.115. The molecule has 1 fully saturated rings. The van der Waals surface area contributed by atoms with Gasteiger partial charge < -0.3 is 14.6 Å². The summed E-state index contributed by atoms with van der Waals surface area (Å²) in [7, 11) is 0. The molecule has 0 radical (unpaired) electrons. The normalized spacial score (nSPS) is 17.5. The summed E-state index contributed by atoms with van der Waals surface area (Å²) in [6, 6.07) is 13.3. The molecule has 0 aliphatic carbocycles. The van der Waals surface area contributed by atoms with Crippen molar-refractivity contribution in [2.45, 2.75) is 13.8 Å². The Morgan fingerprint density at radius 1 is 1.17 bits per heavy atom. The fourth-order valence-corrected chi connectivity index (χ4v) is 3.18. The van der Waals surface area contributed by atoms with Crippen LogP contribution in [0.4, 0.5) is 11.6 Å². The van der Waals surface area contributed by atoms with Crippen molar-refractivity contribution < 1.29 is 9.21 Å². The summed E-state index contributed by atoms with van der Waals surface area (Å²) >= 11 is 1.31. The van der Waals surface area contributed by atoms with E-state index in [4.69, 9.17) is 4.42 Å². The zero-order valence-electron chi connectivity index (χ0n) is 13.7. The maximum atomic E-state index is 12.1. The number of rotatable bonds is 5. The predicted molar refractivity (Wildman–Crippen MR) is 99.5 cm³/mol. The Morgan fingerprint density at radius 2 is 1.92 bits per heavy atom. The molecule has 1 N–H and O–H groups in total. The quantitative estimate of drug-likeness (QED) is 0.835. The van der Waals surface area contributed by atoms with Gasteiger partial charge in [0.15, 0.2) is 11.1 Å². The largest absolute Gasteiger partial charge is 0.441 e. The third-order valence-corrected chi connectivity index (χ3v) is 4.51. The Hall–Kier alpha value is -2.47. The smallest absolute Gasteiger partial charge is 0.264 e. The van der Waals surface area contributed by atoms with Crippen LogP contribution in [0.1, 0.15) is 19.6 Å². The minimum Gasteiger partial charge on any atom is -0.441 e. The molecule has 124 valence electrons. The zero-order valence-corrected chi connectivity index (χ0v) is 14.5. The van der Waals surface area contributed by atoms with Crippen LogP contribution in [0.3, 0.4) is 0 Å². The lowest BCUT2D eigenvalue weighted by Gasteiger charge is -2.16. The maximum Gasteiger partial charge on any atom is 0.264 e. The first kappa shape index (κ1) is 16.4. The van der Waals surface area contributed by atoms with Crippen molar-refractivity contribution in [3.63, 3.8) is 0 Å². The number of nitrogens with zero attached hydrogens (tertiary/aromatic N) is 2. The summed E-state index contributed by atoms with van der Waals surface area (Å²) < 4.78 is 5.81. The van der Waals surface area contributed by atoms with Crippen LogP contribution in [0, 0.1) is 0 Å². The Balaban J connectivity index is 1.77. The number of benzene rings is 1. The lowest BCUT2D eigenvalue weighted by atomic mass is 10.3. The third kappa shape index (κ3) is 3.71. The molecule has 1 aliphatic heterocycles. The summed E-state index contributed by atoms with van der Waals surface area (Å²) in [4.78, 5) is 19.2. The highest BCUT2D eigenvalue weighted by atomic mass is 32.2. The van der Waals surface area contributed by atoms with Crippen LogP contribution in [-0.4, -0.2) is 24.2 Å². The number of thioether (sulfide) groups is 1. The van der Waals surface area contributed by atoms with Gasteiger partial charge in [0.05, 0.1) is 10.6 Å². The van der Waals surface area contributed by atoms with Crippen molar-refractivity contribution in [3.05, 3.63) is 53.1 Å². The third-order valence-electron chi connectivity index (χ3n) is 3.60. The molecule has 1 saturated heterocycles. The molecule has 24 heavy (non-hydrogen) atoms. The van der Waals surface area contributed by atoms with E-state index in [0.29, 0.717) is 15.8 Å². The van der Waals surface area contributed by atoms with Crippen LogP contribution in [0.5, 0.6) is 0 Å². The van der Waals surface area contributed by atoms with Gasteiger partial charge in [0, 0.05) is 25.2 Å². The van der Waals surface area contributed by atoms with Gasteiger partial charge in [-0.3, -0.25) is 4.79 Å². The number of carbonyl (C=O) groups is 1. The predicted octanol–water partition coefficient (Wildman–Crippen LogP) is 4.02. The second-order valence-corrected chi connectivity index (χ2v) is 6.20. The average Bonchev–Trinajstić information content (AvgIpc) is 3.17. The standard InChI is InChI=1S/C18H19N3O2S/c1-3-21(4-2)16-11-10-14(23-16)12-15-17(22)20-18(24-15)19-13-8-6-5-7-9-13/h5-12H,3-4H2,1-2H3,(H,19,20,22)/b15-12+. The summed E-state index contributed by atoms with van der Waals surface area (Å²) in [5, 5.41) is 3.36. The number of aliphatic imine (C=N–C) groups is 1. The van der Waals surface area contributed by atoms with Gasteiger partial charge >= 0.3 is 0 Å². The molecule has 2 aromatic rings. The molecule has 0 spiro atoms. The maximum absolute atomic E-state index is 12.1. The number of hydrogen-bond acceptors (Lipinski definition) is 5. The summed E-state index contributed by atoms with van der Waals surface area (Å²) in [6.07, 6.45) is 1.75. The SMILES string of the molecule is CCN(CC)c1ccc(/C=C2/SC(=Nc3ccccc3)NC2=O)o1. The van der Waals surface area contributed by atoms with Crippen molar-refractivity contribution in [3.8, 4) is 0 Å². The first-order valence-electron chi connectivity index (χ1n) is 7.89. The Kier molecular flexibility index (Phi) is 5.05. The molecule has 1 amide bonds. The second-order valence-electron chi connectivity index (χ2n) is 5.17. The van der Waals surface area contributed by atoms with E-state index < -0.39 is 0 Å². The number of nitrogens with one attached hydrogen (secondary N) is 1. The fourth-order valence-electron chi connectivity index (χ4n) is 2.35. The molecule has 2 heterocycles. The molecule has 1 aliphatic rings. The topological polar surface area (TPSA) is 57.8 Å². The van der Waals surface area contributed by atoms with Gasteiger partial charge in [0.2, 0.25) is 0 Å². The van der Waals surface area contributed by atoms with E-state index in [1.807, 2.05) is 42.5 Å². The highest BCUT2D eigenvalue weighted by molar-refractivity contribution is 8.18. The van der Waals surface area contributed by atoms with Crippen LogP contribution in [0.25, 0.3) is 6.08 Å². The highest BCUT2D eigenvalue weighted by Crippen LogP contribution is 2.29. The van der Waals surface area contributed by atoms with Crippen LogP contribution >= 0.6 is 11.8 Å². The molecule has 1 aromatic carbocycles. The van der Waals surface area contributed by atoms with Crippen molar-refractivity contribution in [1.29, 1.82) is 0 Å². The van der Waals surface area contributed by atoms with E-state index in [9.17, 15) is 4.79 Å². The van der Waals surface area contributed by atoms with E-state index in [1.165, 1.54) is 11.8 Å². The molecule has 3 rings (SSSR count). The van der Waals surface area contributed by atoms with Crippen molar-refractivity contribution in [2.75, 3.05) is 18.0 Å². The van der Waals surface area contributed by atoms with Gasteiger partial charge in [-0.15, -0.1) is 0 Å². The minimum atomic E-state index is -0.157. The monoisotopic (exact) mass is 341 g/mol. The number of amidine groups is 1. The van der Waals surface area contributed by atoms with Gasteiger partial charge in [-0.25, -0.2) is 4.99 Å². The summed E-state index contributed by atoms with van der Waals surface area (Å²) in [6.45, 7) is 5.92. The first-order valence-corrected chi connectivity index (χ1v) is 8.70. The van der Waals surface area contributed by atoms with Crippen LogP contribution in [0.2, 0.25) is 0 Å². The van der Waals surface area contributed by atoms with Gasteiger partial charge in [0.1, 0.15) is 5.76 Å². The van der Waals surface area contributed by atoms with Crippen LogP contribution in [0.15, 0.2) is 56.8 Å². The summed E-state index contributed by atoms with van der Waals surface area (Å²) in [5.74, 6) is 1.32. The van der Waals surface area contributed by atoms with Crippen molar-refractivity contribution >= 4 is 40.5 Å². The first-order chi connectivity index (χ1) is 11.7. The Labute approximate surface area is 145 Å². The van der Waals surface area contributed by atoms with E-state index in [-0.39, 0.29) is 5.91 Å². The molecular formula is C18H19N3O2S. The van der Waals surface area contributed by atoms with Gasteiger partial charge in [-0.1, -0.05) is 18.2 Å². The van der Waals surface area contributed by atoms with Crippen molar-refractivity contribution in [2.24, 2.45) is 4.99 Å². The van der Waals surface area contributed by atoms with E-state index in [1.54, 1.807) is 6.08 Å². The van der Waals surface area contributed by atoms with E-state index in [2.05, 4.69) is 29.1 Å². The molecule has 0 atom stereocenters. The van der Waals surface area contributed by atoms with Crippen LogP contribution in [-0.2, 0) is 4.79 Å². The number of para-hydroxylation sites is 1. The molecule has 5 nitrogen and oxygen atoms in total. The minimum absolute atomic E-state index is 0.157. The molecular weight excluding hydrogens is 322 g/mol. The molecule has 0 unspecified atom stereocenters. The number of hydrogen-bond donors (Lipinski definition) is 1. The fraction of sp³-hybridized carbons (Fsp3) is 0.222. The lowest BCUT2D eigenvalue weighted by Crippen LogP contribution is -2.20. The molecule has 0 saturated carbocycles. The number of amides is 1. The Morgan fingerprint density at radius 3 is 2.62 bits per heavy atom. The Bertz CT molecular complexity index is 777. The van der Waals surface area contributed by atoms with Gasteiger partial charge in [-0.05, 0) is 43.8 Å². The number of furan rings is 1. The average molecular weight is 341 g/mol. The number of carbonyl (C=O) groups excluding carboxylic acids is 1. The number of anilines is 1. The molecule has 6 heteroatoms. The highest BCUT2D eigenvalue weighted by Gasteiger charge is 2.24. The van der Waals surface area contributed by atoms with E-state index in [0.717, 1.165) is 24.7 Å². The van der Waals surface area contributed by atoms with Gasteiger partial charge in [0.25, 0.3) is 5.91 Å².